The molecule has 0 spiro atoms. The Morgan fingerprint density at radius 1 is 1.43 bits per heavy atom. The summed E-state index contributed by atoms with van der Waals surface area (Å²) < 4.78 is 2.22. The zero-order valence-corrected chi connectivity index (χ0v) is 11.0. The summed E-state index contributed by atoms with van der Waals surface area (Å²) in [5.41, 5.74) is 1.92. The van der Waals surface area contributed by atoms with Gasteiger partial charge < -0.3 is 0 Å². The molecule has 1 nitrogen and oxygen atoms in total. The first-order chi connectivity index (χ1) is 6.77. The first kappa shape index (κ1) is 10.2. The lowest BCUT2D eigenvalue weighted by Crippen LogP contribution is -1.83. The second kappa shape index (κ2) is 4.01. The molecule has 1 heterocycles. The van der Waals surface area contributed by atoms with Gasteiger partial charge in [-0.05, 0) is 17.7 Å². The maximum atomic E-state index is 8.96. The van der Waals surface area contributed by atoms with Crippen molar-refractivity contribution in [3.05, 3.63) is 33.1 Å². The Balaban J connectivity index is 2.90. The molecule has 0 radical (unpaired) electrons. The molecule has 70 valence electrons. The zero-order chi connectivity index (χ0) is 10.1. The highest BCUT2D eigenvalue weighted by atomic mass is 79.9. The highest BCUT2D eigenvalue weighted by Crippen LogP contribution is 2.34. The Morgan fingerprint density at radius 3 is 2.86 bits per heavy atom. The lowest BCUT2D eigenvalue weighted by molar-refractivity contribution is 1.45. The molecule has 1 aromatic carbocycles. The Morgan fingerprint density at radius 2 is 2.21 bits per heavy atom. The van der Waals surface area contributed by atoms with Crippen LogP contribution in [0.15, 0.2) is 22.0 Å². The number of rotatable bonds is 1. The number of hydrogen-bond acceptors (Lipinski definition) is 2. The summed E-state index contributed by atoms with van der Waals surface area (Å²) >= 11 is 8.55. The van der Waals surface area contributed by atoms with Crippen molar-refractivity contribution >= 4 is 53.3 Å². The molecule has 0 aliphatic heterocycles. The van der Waals surface area contributed by atoms with Crippen molar-refractivity contribution in [3.8, 4) is 6.07 Å². The van der Waals surface area contributed by atoms with Crippen LogP contribution in [0.3, 0.4) is 0 Å². The maximum absolute atomic E-state index is 8.96. The van der Waals surface area contributed by atoms with Gasteiger partial charge in [0.15, 0.2) is 0 Å². The summed E-state index contributed by atoms with van der Waals surface area (Å²) in [6.07, 6.45) is 0. The molecule has 2 rings (SSSR count). The van der Waals surface area contributed by atoms with Gasteiger partial charge in [0.1, 0.15) is 6.07 Å². The molecule has 0 atom stereocenters. The van der Waals surface area contributed by atoms with Crippen LogP contribution in [0.4, 0.5) is 0 Å². The van der Waals surface area contributed by atoms with Gasteiger partial charge in [-0.3, -0.25) is 0 Å². The normalized spacial score (nSPS) is 10.4. The molecule has 14 heavy (non-hydrogen) atoms. The second-order valence-electron chi connectivity index (χ2n) is 2.79. The molecule has 4 heteroatoms. The van der Waals surface area contributed by atoms with E-state index in [1.807, 2.05) is 17.5 Å². The fourth-order valence-electron chi connectivity index (χ4n) is 1.39. The standard InChI is InChI=1S/C10H5Br2NS/c11-3-7-8(12)1-2-9-10(7)6(4-13)5-14-9/h1-2,5H,3H2. The van der Waals surface area contributed by atoms with Crippen LogP contribution in [0, 0.1) is 11.3 Å². The second-order valence-corrected chi connectivity index (χ2v) is 5.12. The van der Waals surface area contributed by atoms with Crippen molar-refractivity contribution in [2.75, 3.05) is 0 Å². The number of fused-ring (bicyclic) bond motifs is 1. The molecule has 1 aromatic heterocycles. The number of alkyl halides is 1. The third-order valence-electron chi connectivity index (χ3n) is 2.04. The van der Waals surface area contributed by atoms with Crippen LogP contribution in [0.25, 0.3) is 10.1 Å². The highest BCUT2D eigenvalue weighted by Gasteiger charge is 2.10. The Bertz CT molecular complexity index is 525. The van der Waals surface area contributed by atoms with Gasteiger partial charge in [-0.2, -0.15) is 5.26 Å². The van der Waals surface area contributed by atoms with E-state index in [0.29, 0.717) is 0 Å². The van der Waals surface area contributed by atoms with E-state index in [1.54, 1.807) is 11.3 Å². The van der Waals surface area contributed by atoms with Crippen LogP contribution in [0.2, 0.25) is 0 Å². The summed E-state index contributed by atoms with van der Waals surface area (Å²) in [7, 11) is 0. The van der Waals surface area contributed by atoms with Crippen molar-refractivity contribution in [1.29, 1.82) is 5.26 Å². The molecule has 0 saturated carbocycles. The van der Waals surface area contributed by atoms with E-state index in [9.17, 15) is 0 Å². The number of halogens is 2. The summed E-state index contributed by atoms with van der Waals surface area (Å²) in [4.78, 5) is 0. The molecule has 2 aromatic rings. The summed E-state index contributed by atoms with van der Waals surface area (Å²) in [5.74, 6) is 0. The number of hydrogen-bond donors (Lipinski definition) is 0. The van der Waals surface area contributed by atoms with Crippen LogP contribution < -0.4 is 0 Å². The van der Waals surface area contributed by atoms with Crippen molar-refractivity contribution in [1.82, 2.24) is 0 Å². The molecule has 0 unspecified atom stereocenters. The minimum Gasteiger partial charge on any atom is -0.192 e. The van der Waals surface area contributed by atoms with Gasteiger partial charge in [0.2, 0.25) is 0 Å². The molecule has 0 aliphatic carbocycles. The van der Waals surface area contributed by atoms with Gasteiger partial charge in [-0.25, -0.2) is 0 Å². The van der Waals surface area contributed by atoms with Crippen LogP contribution >= 0.6 is 43.2 Å². The molecule has 0 amide bonds. The van der Waals surface area contributed by atoms with Crippen molar-refractivity contribution in [2.45, 2.75) is 5.33 Å². The first-order valence-electron chi connectivity index (χ1n) is 3.92. The zero-order valence-electron chi connectivity index (χ0n) is 7.05. The molecular weight excluding hydrogens is 326 g/mol. The SMILES string of the molecule is N#Cc1csc2ccc(Br)c(CBr)c12. The molecule has 0 bridgehead atoms. The van der Waals surface area contributed by atoms with Crippen molar-refractivity contribution in [2.24, 2.45) is 0 Å². The number of nitrogens with zero attached hydrogens (tertiary/aromatic N) is 1. The highest BCUT2D eigenvalue weighted by molar-refractivity contribution is 9.10. The third kappa shape index (κ3) is 1.50. The predicted molar refractivity (Wildman–Crippen MR) is 66.9 cm³/mol. The van der Waals surface area contributed by atoms with Crippen LogP contribution in [-0.4, -0.2) is 0 Å². The van der Waals surface area contributed by atoms with E-state index >= 15 is 0 Å². The molecule has 0 aliphatic rings. The van der Waals surface area contributed by atoms with E-state index in [4.69, 9.17) is 5.26 Å². The monoisotopic (exact) mass is 329 g/mol. The molecular formula is C10H5Br2NS. The van der Waals surface area contributed by atoms with E-state index in [1.165, 1.54) is 4.70 Å². The molecule has 0 N–H and O–H groups in total. The van der Waals surface area contributed by atoms with Crippen LogP contribution in [-0.2, 0) is 5.33 Å². The van der Waals surface area contributed by atoms with Gasteiger partial charge in [0.25, 0.3) is 0 Å². The Hall–Kier alpha value is -0.370. The summed E-state index contributed by atoms with van der Waals surface area (Å²) in [6, 6.07) is 6.28. The topological polar surface area (TPSA) is 23.8 Å². The summed E-state index contributed by atoms with van der Waals surface area (Å²) in [5, 5.41) is 12.7. The van der Waals surface area contributed by atoms with Crippen molar-refractivity contribution < 1.29 is 0 Å². The Labute approximate surface area is 103 Å². The smallest absolute Gasteiger partial charge is 0.101 e. The number of thiophene rings is 1. The minimum absolute atomic E-state index is 0.760. The lowest BCUT2D eigenvalue weighted by atomic mass is 10.1. The minimum atomic E-state index is 0.760. The maximum Gasteiger partial charge on any atom is 0.101 e. The lowest BCUT2D eigenvalue weighted by Gasteiger charge is -2.02. The fraction of sp³-hybridized carbons (Fsp3) is 0.100. The van der Waals surface area contributed by atoms with Gasteiger partial charge in [-0.15, -0.1) is 11.3 Å². The van der Waals surface area contributed by atoms with Gasteiger partial charge in [0.05, 0.1) is 5.56 Å². The number of benzene rings is 1. The average molecular weight is 331 g/mol. The fourth-order valence-corrected chi connectivity index (χ4v) is 3.73. The Kier molecular flexibility index (Phi) is 2.91. The quantitative estimate of drug-likeness (QED) is 0.709. The van der Waals surface area contributed by atoms with Gasteiger partial charge in [-0.1, -0.05) is 31.9 Å². The summed E-state index contributed by atoms with van der Waals surface area (Å²) in [6.45, 7) is 0. The van der Waals surface area contributed by atoms with E-state index < -0.39 is 0 Å². The average Bonchev–Trinajstić information content (AvgIpc) is 2.61. The predicted octanol–water partition coefficient (Wildman–Crippen LogP) is 4.43. The van der Waals surface area contributed by atoms with E-state index in [2.05, 4.69) is 37.9 Å². The third-order valence-corrected chi connectivity index (χ3v) is 4.30. The van der Waals surface area contributed by atoms with Crippen molar-refractivity contribution in [3.63, 3.8) is 0 Å². The molecule has 0 saturated heterocycles. The van der Waals surface area contributed by atoms with Gasteiger partial charge >= 0.3 is 0 Å². The van der Waals surface area contributed by atoms with E-state index in [0.717, 1.165) is 26.3 Å². The molecule has 0 fully saturated rings. The number of nitriles is 1. The van der Waals surface area contributed by atoms with Crippen LogP contribution in [0.1, 0.15) is 11.1 Å². The van der Waals surface area contributed by atoms with E-state index in [-0.39, 0.29) is 0 Å². The van der Waals surface area contributed by atoms with Gasteiger partial charge in [0, 0.05) is 25.3 Å². The largest absolute Gasteiger partial charge is 0.192 e. The first-order valence-corrected chi connectivity index (χ1v) is 6.72. The van der Waals surface area contributed by atoms with Crippen LogP contribution in [0.5, 0.6) is 0 Å².